The number of hydrogen-bond donors (Lipinski definition) is 0. The van der Waals surface area contributed by atoms with Gasteiger partial charge in [0.25, 0.3) is 0 Å². The van der Waals surface area contributed by atoms with Crippen molar-refractivity contribution in [2.75, 3.05) is 0 Å². The Labute approximate surface area is 215 Å². The topological polar surface area (TPSA) is 3.88 Å². The van der Waals surface area contributed by atoms with Gasteiger partial charge in [0.2, 0.25) is 5.69 Å². The summed E-state index contributed by atoms with van der Waals surface area (Å²) < 4.78 is 2.52. The monoisotopic (exact) mass is 468 g/mol. The quantitative estimate of drug-likeness (QED) is 0.150. The summed E-state index contributed by atoms with van der Waals surface area (Å²) in [6, 6.07) is 43.6. The molecule has 0 aliphatic carbocycles. The van der Waals surface area contributed by atoms with Crippen LogP contribution in [0.5, 0.6) is 0 Å². The number of aromatic nitrogens is 1. The van der Waals surface area contributed by atoms with Crippen LogP contribution in [0, 0.1) is 0 Å². The highest BCUT2D eigenvalue weighted by Crippen LogP contribution is 2.43. The average molecular weight is 469 g/mol. The summed E-state index contributed by atoms with van der Waals surface area (Å²) in [5.74, 6) is 0. The Morgan fingerprint density at radius 1 is 0.472 bits per heavy atom. The van der Waals surface area contributed by atoms with Gasteiger partial charge in [0.1, 0.15) is 6.54 Å². The smallest absolute Gasteiger partial charge is 0.197 e. The van der Waals surface area contributed by atoms with Crippen LogP contribution in [0.4, 0.5) is 0 Å². The van der Waals surface area contributed by atoms with Crippen molar-refractivity contribution in [1.82, 2.24) is 0 Å². The summed E-state index contributed by atoms with van der Waals surface area (Å²) in [5, 5.41) is 0. The van der Waals surface area contributed by atoms with Crippen LogP contribution in [0.15, 0.2) is 128 Å². The SMILES string of the molecule is CCCCCC[n+]1cc(-c2ccccc2)c(-c2ccccc2)c(-c2ccccc2)c1-c1ccccc1. The van der Waals surface area contributed by atoms with Crippen molar-refractivity contribution in [1.29, 1.82) is 0 Å². The predicted molar refractivity (Wildman–Crippen MR) is 153 cm³/mol. The molecule has 5 aromatic rings. The maximum Gasteiger partial charge on any atom is 0.221 e. The van der Waals surface area contributed by atoms with Gasteiger partial charge in [-0.2, -0.15) is 4.57 Å². The molecule has 0 aliphatic heterocycles. The molecular weight excluding hydrogens is 434 g/mol. The third kappa shape index (κ3) is 5.16. The van der Waals surface area contributed by atoms with E-state index in [9.17, 15) is 0 Å². The molecule has 0 bridgehead atoms. The Hall–Kier alpha value is -3.97. The lowest BCUT2D eigenvalue weighted by molar-refractivity contribution is -0.685. The molecule has 0 unspecified atom stereocenters. The van der Waals surface area contributed by atoms with E-state index in [2.05, 4.69) is 139 Å². The van der Waals surface area contributed by atoms with Crippen molar-refractivity contribution in [3.63, 3.8) is 0 Å². The molecule has 36 heavy (non-hydrogen) atoms. The molecule has 0 saturated carbocycles. The average Bonchev–Trinajstić information content (AvgIpc) is 2.96. The van der Waals surface area contributed by atoms with Crippen molar-refractivity contribution >= 4 is 0 Å². The first-order valence-corrected chi connectivity index (χ1v) is 13.2. The van der Waals surface area contributed by atoms with Crippen molar-refractivity contribution in [2.45, 2.75) is 39.2 Å². The van der Waals surface area contributed by atoms with Crippen LogP contribution >= 0.6 is 0 Å². The molecule has 178 valence electrons. The molecule has 0 aliphatic rings. The summed E-state index contributed by atoms with van der Waals surface area (Å²) in [6.07, 6.45) is 7.34. The number of hydrogen-bond acceptors (Lipinski definition) is 0. The highest BCUT2D eigenvalue weighted by atomic mass is 15.0. The van der Waals surface area contributed by atoms with Gasteiger partial charge in [0, 0.05) is 17.5 Å². The Morgan fingerprint density at radius 3 is 1.47 bits per heavy atom. The van der Waals surface area contributed by atoms with Crippen LogP contribution < -0.4 is 4.57 Å². The van der Waals surface area contributed by atoms with Gasteiger partial charge >= 0.3 is 0 Å². The van der Waals surface area contributed by atoms with Crippen LogP contribution in [-0.2, 0) is 6.54 Å². The first kappa shape index (κ1) is 23.8. The summed E-state index contributed by atoms with van der Waals surface area (Å²) in [6.45, 7) is 3.27. The second-order valence-corrected chi connectivity index (χ2v) is 9.36. The van der Waals surface area contributed by atoms with Gasteiger partial charge in [-0.3, -0.25) is 0 Å². The van der Waals surface area contributed by atoms with Crippen molar-refractivity contribution < 1.29 is 4.57 Å². The zero-order chi connectivity index (χ0) is 24.6. The number of rotatable bonds is 9. The zero-order valence-corrected chi connectivity index (χ0v) is 21.1. The van der Waals surface area contributed by atoms with Crippen molar-refractivity contribution in [3.8, 4) is 44.6 Å². The van der Waals surface area contributed by atoms with E-state index in [1.54, 1.807) is 0 Å². The van der Waals surface area contributed by atoms with Crippen LogP contribution in [-0.4, -0.2) is 0 Å². The van der Waals surface area contributed by atoms with Gasteiger partial charge < -0.3 is 0 Å². The third-order valence-corrected chi connectivity index (χ3v) is 6.84. The van der Waals surface area contributed by atoms with Gasteiger partial charge in [-0.05, 0) is 35.2 Å². The lowest BCUT2D eigenvalue weighted by atomic mass is 9.85. The van der Waals surface area contributed by atoms with E-state index < -0.39 is 0 Å². The van der Waals surface area contributed by atoms with Gasteiger partial charge in [-0.15, -0.1) is 0 Å². The van der Waals surface area contributed by atoms with Crippen molar-refractivity contribution in [2.24, 2.45) is 0 Å². The first-order chi connectivity index (χ1) is 17.9. The predicted octanol–water partition coefficient (Wildman–Crippen LogP) is 9.22. The van der Waals surface area contributed by atoms with Gasteiger partial charge in [-0.1, -0.05) is 129 Å². The lowest BCUT2D eigenvalue weighted by Gasteiger charge is -2.19. The van der Waals surface area contributed by atoms with E-state index in [0.29, 0.717) is 0 Å². The second-order valence-electron chi connectivity index (χ2n) is 9.36. The summed E-state index contributed by atoms with van der Waals surface area (Å²) in [7, 11) is 0. The van der Waals surface area contributed by atoms with Gasteiger partial charge in [-0.25, -0.2) is 0 Å². The first-order valence-electron chi connectivity index (χ1n) is 13.2. The number of aryl methyl sites for hydroxylation is 1. The Morgan fingerprint density at radius 2 is 0.944 bits per heavy atom. The number of pyridine rings is 1. The molecule has 1 heteroatoms. The van der Waals surface area contributed by atoms with Crippen LogP contribution in [0.3, 0.4) is 0 Å². The molecule has 1 nitrogen and oxygen atoms in total. The number of unbranched alkanes of at least 4 members (excludes halogenated alkanes) is 3. The van der Waals surface area contributed by atoms with E-state index in [0.717, 1.165) is 6.54 Å². The summed E-state index contributed by atoms with van der Waals surface area (Å²) >= 11 is 0. The Bertz CT molecular complexity index is 1370. The second kappa shape index (κ2) is 11.6. The molecule has 1 heterocycles. The molecule has 0 N–H and O–H groups in total. The van der Waals surface area contributed by atoms with E-state index >= 15 is 0 Å². The van der Waals surface area contributed by atoms with Crippen LogP contribution in [0.1, 0.15) is 32.6 Å². The normalized spacial score (nSPS) is 10.9. The maximum atomic E-state index is 2.52. The van der Waals surface area contributed by atoms with E-state index in [-0.39, 0.29) is 0 Å². The fraction of sp³-hybridized carbons (Fsp3) is 0.171. The number of benzene rings is 4. The molecule has 0 radical (unpaired) electrons. The summed E-state index contributed by atoms with van der Waals surface area (Å²) in [4.78, 5) is 0. The molecular formula is C35H34N+. The molecule has 1 aromatic heterocycles. The highest BCUT2D eigenvalue weighted by molar-refractivity contribution is 5.98. The molecule has 5 rings (SSSR count). The minimum atomic E-state index is 0.999. The maximum absolute atomic E-state index is 2.52. The minimum Gasteiger partial charge on any atom is -0.197 e. The molecule has 0 atom stereocenters. The van der Waals surface area contributed by atoms with Gasteiger partial charge in [0.05, 0.1) is 11.1 Å². The molecule has 4 aromatic carbocycles. The molecule has 0 saturated heterocycles. The fourth-order valence-electron chi connectivity index (χ4n) is 5.10. The van der Waals surface area contributed by atoms with Crippen LogP contribution in [0.2, 0.25) is 0 Å². The van der Waals surface area contributed by atoms with E-state index in [1.165, 1.54) is 70.3 Å². The zero-order valence-electron chi connectivity index (χ0n) is 21.1. The third-order valence-electron chi connectivity index (χ3n) is 6.84. The lowest BCUT2D eigenvalue weighted by Crippen LogP contribution is -2.37. The Kier molecular flexibility index (Phi) is 7.68. The molecule has 0 spiro atoms. The number of nitrogens with zero attached hydrogens (tertiary/aromatic N) is 1. The Balaban J connectivity index is 1.88. The standard InChI is InChI=1S/C35H34N/c1-2-3-4-17-26-36-27-32(28-18-9-5-10-19-28)33(29-20-11-6-12-21-29)34(30-22-13-7-14-23-30)35(36)31-24-15-8-16-25-31/h5-16,18-25,27H,2-4,17,26H2,1H3/q+1. The van der Waals surface area contributed by atoms with E-state index in [1.807, 2.05) is 0 Å². The fourth-order valence-corrected chi connectivity index (χ4v) is 5.10. The van der Waals surface area contributed by atoms with E-state index in [4.69, 9.17) is 0 Å². The van der Waals surface area contributed by atoms with Gasteiger partial charge in [0.15, 0.2) is 6.20 Å². The van der Waals surface area contributed by atoms with Crippen LogP contribution in [0.25, 0.3) is 44.6 Å². The minimum absolute atomic E-state index is 0.999. The molecule has 0 amide bonds. The largest absolute Gasteiger partial charge is 0.221 e. The highest BCUT2D eigenvalue weighted by Gasteiger charge is 2.28. The molecule has 0 fully saturated rings. The van der Waals surface area contributed by atoms with Crippen molar-refractivity contribution in [3.05, 3.63) is 128 Å². The summed E-state index contributed by atoms with van der Waals surface area (Å²) in [5.41, 5.74) is 10.1.